The summed E-state index contributed by atoms with van der Waals surface area (Å²) < 4.78 is 1.74. The Kier molecular flexibility index (Phi) is 2.66. The normalized spacial score (nSPS) is 15.5. The van der Waals surface area contributed by atoms with Gasteiger partial charge in [-0.3, -0.25) is 0 Å². The molecule has 3 N–H and O–H groups in total. The average Bonchev–Trinajstić information content (AvgIpc) is 2.49. The van der Waals surface area contributed by atoms with E-state index in [0.717, 1.165) is 0 Å². The van der Waals surface area contributed by atoms with E-state index in [9.17, 15) is 4.79 Å². The van der Waals surface area contributed by atoms with Gasteiger partial charge in [-0.05, 0) is 18.1 Å². The first kappa shape index (κ1) is 10.8. The van der Waals surface area contributed by atoms with Crippen LogP contribution in [0, 0.1) is 5.92 Å². The Balaban J connectivity index is 3.26. The van der Waals surface area contributed by atoms with Crippen LogP contribution in [0.5, 0.6) is 0 Å². The van der Waals surface area contributed by atoms with E-state index >= 15 is 0 Å². The number of hydrogen-bond donors (Lipinski definition) is 2. The summed E-state index contributed by atoms with van der Waals surface area (Å²) in [6.45, 7) is 3.61. The Hall–Kier alpha value is -1.29. The van der Waals surface area contributed by atoms with E-state index in [1.54, 1.807) is 43.8 Å². The Bertz CT molecular complexity index is 344. The van der Waals surface area contributed by atoms with Gasteiger partial charge in [-0.1, -0.05) is 13.8 Å². The summed E-state index contributed by atoms with van der Waals surface area (Å²) in [6.07, 6.45) is 1.79. The van der Waals surface area contributed by atoms with Gasteiger partial charge in [0.1, 0.15) is 0 Å². The molecule has 1 rings (SSSR count). The van der Waals surface area contributed by atoms with Crippen molar-refractivity contribution in [1.29, 1.82) is 0 Å². The Morgan fingerprint density at radius 1 is 1.64 bits per heavy atom. The molecule has 0 saturated carbocycles. The fraction of sp³-hybridized carbons (Fsp3) is 0.500. The molecule has 1 unspecified atom stereocenters. The second kappa shape index (κ2) is 3.46. The van der Waals surface area contributed by atoms with Crippen molar-refractivity contribution in [1.82, 2.24) is 4.57 Å². The lowest BCUT2D eigenvalue weighted by Crippen LogP contribution is -2.50. The van der Waals surface area contributed by atoms with Gasteiger partial charge >= 0.3 is 5.97 Å². The molecule has 0 saturated heterocycles. The number of hydrogen-bond acceptors (Lipinski definition) is 2. The molecule has 0 aliphatic rings. The molecule has 78 valence electrons. The van der Waals surface area contributed by atoms with Crippen LogP contribution in [0.25, 0.3) is 0 Å². The standard InChI is InChI=1S/C10H16N2O2/c1-7(2)10(11,9(13)14)8-5-4-6-12(8)3/h4-7H,11H2,1-3H3,(H,13,14). The number of carboxylic acids is 1. The molecular weight excluding hydrogens is 180 g/mol. The molecule has 1 atom stereocenters. The topological polar surface area (TPSA) is 68.2 Å². The van der Waals surface area contributed by atoms with Gasteiger partial charge in [0, 0.05) is 18.9 Å². The summed E-state index contributed by atoms with van der Waals surface area (Å²) in [5, 5.41) is 9.16. The second-order valence-corrected chi connectivity index (χ2v) is 3.83. The van der Waals surface area contributed by atoms with E-state index in [1.807, 2.05) is 0 Å². The highest BCUT2D eigenvalue weighted by atomic mass is 16.4. The van der Waals surface area contributed by atoms with Crippen molar-refractivity contribution < 1.29 is 9.90 Å². The fourth-order valence-electron chi connectivity index (χ4n) is 1.54. The number of carbonyl (C=O) groups is 1. The largest absolute Gasteiger partial charge is 0.480 e. The molecule has 4 heteroatoms. The van der Waals surface area contributed by atoms with Crippen molar-refractivity contribution in [3.05, 3.63) is 24.0 Å². The van der Waals surface area contributed by atoms with Crippen LogP contribution < -0.4 is 5.73 Å². The first-order chi connectivity index (χ1) is 6.40. The van der Waals surface area contributed by atoms with Gasteiger partial charge in [0.2, 0.25) is 0 Å². The third-order valence-electron chi connectivity index (χ3n) is 2.63. The highest BCUT2D eigenvalue weighted by Crippen LogP contribution is 2.27. The van der Waals surface area contributed by atoms with Crippen molar-refractivity contribution in [2.75, 3.05) is 0 Å². The van der Waals surface area contributed by atoms with E-state index in [-0.39, 0.29) is 5.92 Å². The molecule has 0 radical (unpaired) electrons. The zero-order chi connectivity index (χ0) is 10.9. The smallest absolute Gasteiger partial charge is 0.330 e. The molecule has 0 aliphatic heterocycles. The maximum atomic E-state index is 11.2. The van der Waals surface area contributed by atoms with Gasteiger partial charge in [0.15, 0.2) is 5.54 Å². The second-order valence-electron chi connectivity index (χ2n) is 3.83. The van der Waals surface area contributed by atoms with Gasteiger partial charge in [-0.2, -0.15) is 0 Å². The van der Waals surface area contributed by atoms with E-state index in [4.69, 9.17) is 10.8 Å². The SMILES string of the molecule is CC(C)C(N)(C(=O)O)c1cccn1C. The van der Waals surface area contributed by atoms with Gasteiger partial charge in [-0.15, -0.1) is 0 Å². The van der Waals surface area contributed by atoms with Crippen LogP contribution in [0.2, 0.25) is 0 Å². The highest BCUT2D eigenvalue weighted by molar-refractivity contribution is 5.80. The highest BCUT2D eigenvalue weighted by Gasteiger charge is 2.41. The van der Waals surface area contributed by atoms with E-state index in [2.05, 4.69) is 0 Å². The molecule has 0 amide bonds. The number of aromatic nitrogens is 1. The van der Waals surface area contributed by atoms with E-state index in [1.165, 1.54) is 0 Å². The zero-order valence-electron chi connectivity index (χ0n) is 8.69. The van der Waals surface area contributed by atoms with E-state index in [0.29, 0.717) is 5.69 Å². The number of carboxylic acid groups (broad SMARTS) is 1. The number of nitrogens with zero attached hydrogens (tertiary/aromatic N) is 1. The first-order valence-electron chi connectivity index (χ1n) is 4.54. The van der Waals surface area contributed by atoms with E-state index < -0.39 is 11.5 Å². The summed E-state index contributed by atoms with van der Waals surface area (Å²) in [5.41, 5.74) is 5.25. The van der Waals surface area contributed by atoms with Crippen molar-refractivity contribution in [2.24, 2.45) is 18.7 Å². The molecule has 4 nitrogen and oxygen atoms in total. The van der Waals surface area contributed by atoms with Gasteiger partial charge in [-0.25, -0.2) is 4.79 Å². The maximum absolute atomic E-state index is 11.2. The third-order valence-corrected chi connectivity index (χ3v) is 2.63. The molecule has 1 aromatic rings. The molecule has 0 aromatic carbocycles. The zero-order valence-corrected chi connectivity index (χ0v) is 8.69. The molecule has 0 bridgehead atoms. The molecule has 0 spiro atoms. The first-order valence-corrected chi connectivity index (χ1v) is 4.54. The number of aryl methyl sites for hydroxylation is 1. The summed E-state index contributed by atoms with van der Waals surface area (Å²) in [4.78, 5) is 11.2. The van der Waals surface area contributed by atoms with Gasteiger partial charge in [0.25, 0.3) is 0 Å². The molecule has 1 heterocycles. The molecular formula is C10H16N2O2. The molecule has 1 aromatic heterocycles. The third kappa shape index (κ3) is 1.42. The number of nitrogens with two attached hydrogens (primary N) is 1. The summed E-state index contributed by atoms with van der Waals surface area (Å²) in [5.74, 6) is -1.15. The summed E-state index contributed by atoms with van der Waals surface area (Å²) in [6, 6.07) is 3.54. The molecule has 0 aliphatic carbocycles. The lowest BCUT2D eigenvalue weighted by molar-refractivity contribution is -0.145. The van der Waals surface area contributed by atoms with Crippen LogP contribution in [0.15, 0.2) is 18.3 Å². The fourth-order valence-corrected chi connectivity index (χ4v) is 1.54. The predicted molar refractivity (Wildman–Crippen MR) is 53.8 cm³/mol. The van der Waals surface area contributed by atoms with Gasteiger partial charge in [0.05, 0.1) is 0 Å². The van der Waals surface area contributed by atoms with Crippen molar-refractivity contribution >= 4 is 5.97 Å². The Labute approximate surface area is 83.3 Å². The number of aliphatic carboxylic acids is 1. The van der Waals surface area contributed by atoms with Crippen LogP contribution in [-0.4, -0.2) is 15.6 Å². The van der Waals surface area contributed by atoms with Crippen molar-refractivity contribution in [3.8, 4) is 0 Å². The van der Waals surface area contributed by atoms with Crippen LogP contribution in [0.3, 0.4) is 0 Å². The molecule has 14 heavy (non-hydrogen) atoms. The van der Waals surface area contributed by atoms with Crippen LogP contribution >= 0.6 is 0 Å². The average molecular weight is 196 g/mol. The minimum atomic E-state index is -1.31. The minimum absolute atomic E-state index is 0.159. The van der Waals surface area contributed by atoms with Gasteiger partial charge < -0.3 is 15.4 Å². The monoisotopic (exact) mass is 196 g/mol. The van der Waals surface area contributed by atoms with Crippen molar-refractivity contribution in [2.45, 2.75) is 19.4 Å². The number of rotatable bonds is 3. The van der Waals surface area contributed by atoms with Crippen LogP contribution in [-0.2, 0) is 17.4 Å². The Morgan fingerprint density at radius 2 is 2.21 bits per heavy atom. The maximum Gasteiger partial charge on any atom is 0.330 e. The lowest BCUT2D eigenvalue weighted by atomic mass is 9.84. The lowest BCUT2D eigenvalue weighted by Gasteiger charge is -2.29. The quantitative estimate of drug-likeness (QED) is 0.755. The van der Waals surface area contributed by atoms with Crippen molar-refractivity contribution in [3.63, 3.8) is 0 Å². The van der Waals surface area contributed by atoms with Crippen LogP contribution in [0.1, 0.15) is 19.5 Å². The Morgan fingerprint density at radius 3 is 2.50 bits per heavy atom. The molecule has 0 fully saturated rings. The van der Waals surface area contributed by atoms with Crippen LogP contribution in [0.4, 0.5) is 0 Å². The minimum Gasteiger partial charge on any atom is -0.480 e. The predicted octanol–water partition coefficient (Wildman–Crippen LogP) is 0.920. The summed E-state index contributed by atoms with van der Waals surface area (Å²) >= 11 is 0. The summed E-state index contributed by atoms with van der Waals surface area (Å²) in [7, 11) is 1.79.